The molecule has 1 N–H and O–H groups in total. The molecule has 3 rings (SSSR count). The van der Waals surface area contributed by atoms with Crippen LogP contribution in [0.15, 0.2) is 78.0 Å². The molecule has 0 aliphatic heterocycles. The van der Waals surface area contributed by atoms with E-state index in [0.717, 1.165) is 16.8 Å². The van der Waals surface area contributed by atoms with Gasteiger partial charge in [0.2, 0.25) is 0 Å². The highest BCUT2D eigenvalue weighted by Gasteiger charge is 2.12. The zero-order chi connectivity index (χ0) is 14.7. The number of aromatic nitrogens is 1. The van der Waals surface area contributed by atoms with Crippen LogP contribution in [0.5, 0.6) is 0 Å². The first-order valence-corrected chi connectivity index (χ1v) is 6.68. The van der Waals surface area contributed by atoms with Gasteiger partial charge in [-0.2, -0.15) is 0 Å². The van der Waals surface area contributed by atoms with Crippen LogP contribution in [0.3, 0.4) is 0 Å². The Hall–Kier alpha value is -2.94. The van der Waals surface area contributed by atoms with E-state index in [1.807, 2.05) is 77.6 Å². The first-order valence-electron chi connectivity index (χ1n) is 6.68. The number of nitrogens with zero attached hydrogens (tertiary/aromatic N) is 2. The largest absolute Gasteiger partial charge is 0.321 e. The maximum Gasteiger partial charge on any atom is 0.0897 e. The van der Waals surface area contributed by atoms with E-state index in [0.29, 0.717) is 11.4 Å². The molecule has 2 aromatic carbocycles. The molecule has 0 bridgehead atoms. The molecule has 1 heterocycles. The van der Waals surface area contributed by atoms with Crippen LogP contribution in [0.4, 0.5) is 5.69 Å². The third-order valence-corrected chi connectivity index (χ3v) is 3.36. The minimum atomic E-state index is 0.452. The molecule has 0 unspecified atom stereocenters. The van der Waals surface area contributed by atoms with Gasteiger partial charge in [-0.15, -0.1) is 0 Å². The summed E-state index contributed by atoms with van der Waals surface area (Å²) in [5, 5.41) is 8.39. The molecule has 0 saturated carbocycles. The van der Waals surface area contributed by atoms with E-state index in [4.69, 9.17) is 5.41 Å². The Labute approximate surface area is 123 Å². The number of benzene rings is 2. The lowest BCUT2D eigenvalue weighted by atomic mass is 10.0. The van der Waals surface area contributed by atoms with E-state index >= 15 is 0 Å². The molecule has 3 heteroatoms. The summed E-state index contributed by atoms with van der Waals surface area (Å²) >= 11 is 0. The molecular weight excluding hydrogens is 258 g/mol. The summed E-state index contributed by atoms with van der Waals surface area (Å²) < 4.78 is 1.97. The Balaban J connectivity index is 2.05. The summed E-state index contributed by atoms with van der Waals surface area (Å²) in [5.41, 5.74) is 3.85. The van der Waals surface area contributed by atoms with Crippen LogP contribution >= 0.6 is 0 Å². The Morgan fingerprint density at radius 3 is 2.14 bits per heavy atom. The second-order valence-corrected chi connectivity index (χ2v) is 4.70. The minimum Gasteiger partial charge on any atom is -0.321 e. The predicted molar refractivity (Wildman–Crippen MR) is 87.4 cm³/mol. The summed E-state index contributed by atoms with van der Waals surface area (Å²) in [7, 11) is 0. The van der Waals surface area contributed by atoms with Crippen molar-refractivity contribution in [1.82, 2.24) is 4.57 Å². The van der Waals surface area contributed by atoms with Crippen molar-refractivity contribution in [2.45, 2.75) is 0 Å². The topological polar surface area (TPSA) is 41.1 Å². The van der Waals surface area contributed by atoms with E-state index in [1.54, 1.807) is 0 Å². The van der Waals surface area contributed by atoms with Gasteiger partial charge < -0.3 is 4.57 Å². The van der Waals surface area contributed by atoms with Gasteiger partial charge in [0.1, 0.15) is 0 Å². The number of rotatable bonds is 4. The monoisotopic (exact) mass is 273 g/mol. The van der Waals surface area contributed by atoms with Crippen LogP contribution in [0.2, 0.25) is 0 Å². The highest BCUT2D eigenvalue weighted by Crippen LogP contribution is 2.25. The van der Waals surface area contributed by atoms with Crippen molar-refractivity contribution in [1.29, 1.82) is 5.41 Å². The second-order valence-electron chi connectivity index (χ2n) is 4.70. The van der Waals surface area contributed by atoms with E-state index in [-0.39, 0.29) is 0 Å². The van der Waals surface area contributed by atoms with Crippen LogP contribution in [-0.4, -0.2) is 17.0 Å². The first-order chi connectivity index (χ1) is 10.3. The molecule has 0 amide bonds. The fraction of sp³-hybridized carbons (Fsp3) is 0. The normalized spacial score (nSPS) is 10.3. The lowest BCUT2D eigenvalue weighted by Gasteiger charge is -2.03. The van der Waals surface area contributed by atoms with E-state index in [9.17, 15) is 0 Å². The Morgan fingerprint density at radius 1 is 0.905 bits per heavy atom. The van der Waals surface area contributed by atoms with Gasteiger partial charge in [-0.25, -0.2) is 0 Å². The fourth-order valence-corrected chi connectivity index (χ4v) is 2.27. The highest BCUT2D eigenvalue weighted by molar-refractivity contribution is 6.13. The van der Waals surface area contributed by atoms with Crippen molar-refractivity contribution in [2.24, 2.45) is 4.99 Å². The van der Waals surface area contributed by atoms with Gasteiger partial charge in [-0.05, 0) is 18.9 Å². The predicted octanol–water partition coefficient (Wildman–Crippen LogP) is 4.23. The van der Waals surface area contributed by atoms with Crippen LogP contribution < -0.4 is 0 Å². The summed E-state index contributed by atoms with van der Waals surface area (Å²) in [5.74, 6) is 0. The van der Waals surface area contributed by atoms with Gasteiger partial charge in [0, 0.05) is 29.2 Å². The Kier molecular flexibility index (Phi) is 3.48. The lowest BCUT2D eigenvalue weighted by Crippen LogP contribution is -2.00. The molecule has 0 radical (unpaired) electrons. The SMILES string of the molecule is C=Nc1cn(-c2ccccc2)cc1C(=N)c1ccccc1. The third kappa shape index (κ3) is 2.54. The molecule has 3 nitrogen and oxygen atoms in total. The average Bonchev–Trinajstić information content (AvgIpc) is 3.00. The Bertz CT molecular complexity index is 771. The van der Waals surface area contributed by atoms with Crippen molar-refractivity contribution in [3.8, 4) is 5.69 Å². The van der Waals surface area contributed by atoms with Crippen molar-refractivity contribution < 1.29 is 0 Å². The summed E-state index contributed by atoms with van der Waals surface area (Å²) in [6, 6.07) is 19.6. The van der Waals surface area contributed by atoms with Crippen LogP contribution in [0.25, 0.3) is 5.69 Å². The van der Waals surface area contributed by atoms with Crippen molar-refractivity contribution in [3.05, 3.63) is 84.2 Å². The molecule has 0 aliphatic carbocycles. The molecule has 0 spiro atoms. The van der Waals surface area contributed by atoms with E-state index in [2.05, 4.69) is 11.7 Å². The van der Waals surface area contributed by atoms with Crippen molar-refractivity contribution >= 4 is 18.1 Å². The second kappa shape index (κ2) is 5.59. The average molecular weight is 273 g/mol. The van der Waals surface area contributed by atoms with Gasteiger partial charge in [0.05, 0.1) is 11.4 Å². The molecule has 0 fully saturated rings. The molecule has 0 atom stereocenters. The van der Waals surface area contributed by atoms with Crippen LogP contribution in [-0.2, 0) is 0 Å². The minimum absolute atomic E-state index is 0.452. The molecule has 0 saturated heterocycles. The molecular formula is C18H15N3. The number of nitrogens with one attached hydrogen (secondary N) is 1. The number of hydrogen-bond donors (Lipinski definition) is 1. The summed E-state index contributed by atoms with van der Waals surface area (Å²) in [4.78, 5) is 4.05. The van der Waals surface area contributed by atoms with Crippen LogP contribution in [0, 0.1) is 5.41 Å². The number of para-hydroxylation sites is 1. The van der Waals surface area contributed by atoms with Gasteiger partial charge in [-0.1, -0.05) is 48.5 Å². The lowest BCUT2D eigenvalue weighted by molar-refractivity contribution is 1.08. The molecule has 0 aliphatic rings. The zero-order valence-electron chi connectivity index (χ0n) is 11.5. The van der Waals surface area contributed by atoms with Crippen molar-refractivity contribution in [2.75, 3.05) is 0 Å². The molecule has 1 aromatic heterocycles. The molecule has 21 heavy (non-hydrogen) atoms. The fourth-order valence-electron chi connectivity index (χ4n) is 2.27. The van der Waals surface area contributed by atoms with E-state index < -0.39 is 0 Å². The molecule has 102 valence electrons. The van der Waals surface area contributed by atoms with Crippen LogP contribution in [0.1, 0.15) is 11.1 Å². The summed E-state index contributed by atoms with van der Waals surface area (Å²) in [6.45, 7) is 3.61. The molecule has 3 aromatic rings. The van der Waals surface area contributed by atoms with Gasteiger partial charge in [0.25, 0.3) is 0 Å². The first kappa shape index (κ1) is 13.1. The maximum absolute atomic E-state index is 8.39. The third-order valence-electron chi connectivity index (χ3n) is 3.36. The van der Waals surface area contributed by atoms with Gasteiger partial charge in [0.15, 0.2) is 0 Å². The van der Waals surface area contributed by atoms with Gasteiger partial charge >= 0.3 is 0 Å². The van der Waals surface area contributed by atoms with E-state index in [1.165, 1.54) is 0 Å². The smallest absolute Gasteiger partial charge is 0.0897 e. The number of aliphatic imine (C=N–C) groups is 1. The Morgan fingerprint density at radius 2 is 1.52 bits per heavy atom. The highest BCUT2D eigenvalue weighted by atomic mass is 15.0. The van der Waals surface area contributed by atoms with Crippen molar-refractivity contribution in [3.63, 3.8) is 0 Å². The number of hydrogen-bond acceptors (Lipinski definition) is 2. The quantitative estimate of drug-likeness (QED) is 0.691. The zero-order valence-corrected chi connectivity index (χ0v) is 11.5. The summed E-state index contributed by atoms with van der Waals surface area (Å²) in [6.07, 6.45) is 3.82. The van der Waals surface area contributed by atoms with Gasteiger partial charge in [-0.3, -0.25) is 10.4 Å². The maximum atomic E-state index is 8.39. The standard InChI is InChI=1S/C18H15N3/c1-20-17-13-21(15-10-6-3-7-11-15)12-16(17)18(19)14-8-4-2-5-9-14/h2-13,19H,1H2.